The van der Waals surface area contributed by atoms with Crippen LogP contribution in [-0.4, -0.2) is 17.2 Å². The number of hydrogen-bond donors (Lipinski definition) is 1. The molecule has 0 amide bonds. The number of carbonyl (C=O) groups is 1. The van der Waals surface area contributed by atoms with Gasteiger partial charge in [-0.1, -0.05) is 30.3 Å². The van der Waals surface area contributed by atoms with Gasteiger partial charge in [-0.25, -0.2) is 4.79 Å². The molecular formula is C13H14O3. The van der Waals surface area contributed by atoms with Crippen molar-refractivity contribution in [3.05, 3.63) is 47.7 Å². The van der Waals surface area contributed by atoms with Crippen LogP contribution in [0.25, 0.3) is 0 Å². The Morgan fingerprint density at radius 2 is 2.00 bits per heavy atom. The largest absolute Gasteiger partial charge is 0.508 e. The number of rotatable bonds is 4. The van der Waals surface area contributed by atoms with Gasteiger partial charge >= 0.3 is 5.97 Å². The Morgan fingerprint density at radius 3 is 2.62 bits per heavy atom. The number of carbonyl (C=O) groups excluding carboxylic acids is 1. The fraction of sp³-hybridized carbons (Fsp3) is 0.308. The van der Waals surface area contributed by atoms with Crippen LogP contribution in [0.1, 0.15) is 18.4 Å². The summed E-state index contributed by atoms with van der Waals surface area (Å²) in [5.41, 5.74) is 1.26. The van der Waals surface area contributed by atoms with Crippen LogP contribution in [0, 0.1) is 0 Å². The van der Waals surface area contributed by atoms with Gasteiger partial charge in [0, 0.05) is 0 Å². The van der Waals surface area contributed by atoms with Gasteiger partial charge in [0.15, 0.2) is 6.10 Å². The zero-order valence-corrected chi connectivity index (χ0v) is 8.93. The van der Waals surface area contributed by atoms with Crippen LogP contribution in [0.4, 0.5) is 0 Å². The topological polar surface area (TPSA) is 46.5 Å². The Morgan fingerprint density at radius 1 is 1.25 bits per heavy atom. The molecule has 1 aliphatic rings. The van der Waals surface area contributed by atoms with E-state index in [0.717, 1.165) is 18.9 Å². The first-order valence-electron chi connectivity index (χ1n) is 5.41. The summed E-state index contributed by atoms with van der Waals surface area (Å²) in [7, 11) is 0. The average Bonchev–Trinajstić information content (AvgIpc) is 2.59. The molecule has 84 valence electrons. The molecule has 0 fully saturated rings. The van der Waals surface area contributed by atoms with Crippen LogP contribution in [0.3, 0.4) is 0 Å². The molecule has 0 aliphatic carbocycles. The smallest absolute Gasteiger partial charge is 0.335 e. The molecule has 16 heavy (non-hydrogen) atoms. The second-order valence-corrected chi connectivity index (χ2v) is 3.87. The molecule has 1 aromatic rings. The van der Waals surface area contributed by atoms with Crippen molar-refractivity contribution in [2.24, 2.45) is 0 Å². The lowest BCUT2D eigenvalue weighted by molar-refractivity contribution is -0.139. The fourth-order valence-electron chi connectivity index (χ4n) is 1.79. The van der Waals surface area contributed by atoms with Gasteiger partial charge in [-0.05, 0) is 24.8 Å². The molecule has 0 saturated carbocycles. The molecule has 3 heteroatoms. The number of aryl methyl sites for hydroxylation is 1. The van der Waals surface area contributed by atoms with E-state index in [9.17, 15) is 9.90 Å². The Hall–Kier alpha value is -1.77. The molecule has 1 aromatic carbocycles. The van der Waals surface area contributed by atoms with E-state index in [1.54, 1.807) is 0 Å². The Balaban J connectivity index is 1.77. The van der Waals surface area contributed by atoms with Crippen molar-refractivity contribution in [3.63, 3.8) is 0 Å². The summed E-state index contributed by atoms with van der Waals surface area (Å²) < 4.78 is 4.93. The van der Waals surface area contributed by atoms with Crippen molar-refractivity contribution in [1.29, 1.82) is 0 Å². The summed E-state index contributed by atoms with van der Waals surface area (Å²) in [4.78, 5) is 10.8. The Kier molecular flexibility index (Phi) is 3.25. The highest BCUT2D eigenvalue weighted by molar-refractivity contribution is 5.85. The van der Waals surface area contributed by atoms with E-state index in [0.29, 0.717) is 6.42 Å². The Labute approximate surface area is 94.4 Å². The number of cyclic esters (lactones) is 1. The van der Waals surface area contributed by atoms with E-state index in [4.69, 9.17) is 4.74 Å². The second kappa shape index (κ2) is 4.84. The number of ether oxygens (including phenoxy) is 1. The molecule has 0 radical (unpaired) electrons. The van der Waals surface area contributed by atoms with Gasteiger partial charge in [0.2, 0.25) is 0 Å². The Bertz CT molecular complexity index is 395. The van der Waals surface area contributed by atoms with Crippen molar-refractivity contribution in [1.82, 2.24) is 0 Å². The third-order valence-electron chi connectivity index (χ3n) is 2.63. The van der Waals surface area contributed by atoms with Crippen molar-refractivity contribution >= 4 is 5.97 Å². The monoisotopic (exact) mass is 218 g/mol. The van der Waals surface area contributed by atoms with Gasteiger partial charge < -0.3 is 9.84 Å². The van der Waals surface area contributed by atoms with Crippen molar-refractivity contribution < 1.29 is 14.6 Å². The van der Waals surface area contributed by atoms with Crippen LogP contribution in [0.15, 0.2) is 42.2 Å². The summed E-state index contributed by atoms with van der Waals surface area (Å²) in [6.07, 6.45) is 3.20. The molecule has 0 unspecified atom stereocenters. The number of benzene rings is 1. The molecule has 1 heterocycles. The average molecular weight is 218 g/mol. The van der Waals surface area contributed by atoms with Crippen LogP contribution >= 0.6 is 0 Å². The minimum absolute atomic E-state index is 0.0538. The predicted octanol–water partition coefficient (Wildman–Crippen LogP) is 2.38. The third-order valence-corrected chi connectivity index (χ3v) is 2.63. The van der Waals surface area contributed by atoms with E-state index in [-0.39, 0.29) is 5.76 Å². The maximum Gasteiger partial charge on any atom is 0.335 e. The van der Waals surface area contributed by atoms with Crippen molar-refractivity contribution in [2.45, 2.75) is 25.4 Å². The molecule has 0 spiro atoms. The minimum Gasteiger partial charge on any atom is -0.508 e. The van der Waals surface area contributed by atoms with Crippen molar-refractivity contribution in [3.8, 4) is 0 Å². The van der Waals surface area contributed by atoms with E-state index in [1.165, 1.54) is 5.56 Å². The SMILES string of the molecule is O=C1C=C(O)[C@H](CCCc2ccccc2)O1. The molecule has 1 aliphatic heterocycles. The number of hydrogen-bond acceptors (Lipinski definition) is 3. The van der Waals surface area contributed by atoms with E-state index < -0.39 is 12.1 Å². The normalized spacial score (nSPS) is 19.4. The zero-order chi connectivity index (χ0) is 11.4. The van der Waals surface area contributed by atoms with Crippen molar-refractivity contribution in [2.75, 3.05) is 0 Å². The lowest BCUT2D eigenvalue weighted by Gasteiger charge is -2.09. The third kappa shape index (κ3) is 2.63. The van der Waals surface area contributed by atoms with Gasteiger partial charge in [-0.3, -0.25) is 0 Å². The van der Waals surface area contributed by atoms with Gasteiger partial charge in [-0.15, -0.1) is 0 Å². The van der Waals surface area contributed by atoms with E-state index in [1.807, 2.05) is 18.2 Å². The number of aliphatic hydroxyl groups is 1. The number of aliphatic hydroxyl groups excluding tert-OH is 1. The first-order valence-corrected chi connectivity index (χ1v) is 5.41. The summed E-state index contributed by atoms with van der Waals surface area (Å²) in [6, 6.07) is 10.1. The molecule has 3 nitrogen and oxygen atoms in total. The standard InChI is InChI=1S/C13H14O3/c14-11-9-13(15)16-12(11)8-4-7-10-5-2-1-3-6-10/h1-3,5-6,9,12,14H,4,7-8H2/t12-/m0/s1. The molecule has 0 saturated heterocycles. The summed E-state index contributed by atoms with van der Waals surface area (Å²) in [5, 5.41) is 9.37. The summed E-state index contributed by atoms with van der Waals surface area (Å²) >= 11 is 0. The maximum atomic E-state index is 10.8. The molecule has 2 rings (SSSR count). The van der Waals surface area contributed by atoms with Gasteiger partial charge in [-0.2, -0.15) is 0 Å². The van der Waals surface area contributed by atoms with Gasteiger partial charge in [0.25, 0.3) is 0 Å². The molecular weight excluding hydrogens is 204 g/mol. The molecule has 0 aromatic heterocycles. The maximum absolute atomic E-state index is 10.8. The molecule has 1 atom stereocenters. The van der Waals surface area contributed by atoms with E-state index in [2.05, 4.69) is 12.1 Å². The summed E-state index contributed by atoms with van der Waals surface area (Å²) in [6.45, 7) is 0. The highest BCUT2D eigenvalue weighted by Crippen LogP contribution is 2.18. The van der Waals surface area contributed by atoms with Gasteiger partial charge in [0.1, 0.15) is 5.76 Å². The van der Waals surface area contributed by atoms with Crippen LogP contribution in [0.2, 0.25) is 0 Å². The quantitative estimate of drug-likeness (QED) is 0.789. The van der Waals surface area contributed by atoms with Crippen LogP contribution in [-0.2, 0) is 16.0 Å². The highest BCUT2D eigenvalue weighted by atomic mass is 16.6. The molecule has 1 N–H and O–H groups in total. The van der Waals surface area contributed by atoms with Gasteiger partial charge in [0.05, 0.1) is 6.08 Å². The lowest BCUT2D eigenvalue weighted by atomic mass is 10.1. The molecule has 0 bridgehead atoms. The highest BCUT2D eigenvalue weighted by Gasteiger charge is 2.24. The fourth-order valence-corrected chi connectivity index (χ4v) is 1.79. The first kappa shape index (κ1) is 10.7. The van der Waals surface area contributed by atoms with Crippen LogP contribution in [0.5, 0.6) is 0 Å². The van der Waals surface area contributed by atoms with Crippen LogP contribution < -0.4 is 0 Å². The summed E-state index contributed by atoms with van der Waals surface area (Å²) in [5.74, 6) is -0.389. The number of esters is 1. The first-order chi connectivity index (χ1) is 7.75. The van der Waals surface area contributed by atoms with E-state index >= 15 is 0 Å². The minimum atomic E-state index is -0.442. The lowest BCUT2D eigenvalue weighted by Crippen LogP contribution is -2.11. The predicted molar refractivity (Wildman–Crippen MR) is 60.0 cm³/mol. The zero-order valence-electron chi connectivity index (χ0n) is 8.93. The second-order valence-electron chi connectivity index (χ2n) is 3.87.